The fourth-order valence-electron chi connectivity index (χ4n) is 3.66. The lowest BCUT2D eigenvalue weighted by Gasteiger charge is -2.16. The number of nitrogens with zero attached hydrogens (tertiary/aromatic N) is 2. The molecule has 0 saturated heterocycles. The smallest absolute Gasteiger partial charge is 0.262 e. The number of rotatable bonds is 7. The number of aryl methyl sites for hydroxylation is 3. The minimum atomic E-state index is -0.0128. The van der Waals surface area contributed by atoms with Crippen molar-refractivity contribution in [2.24, 2.45) is 0 Å². The molecule has 3 aromatic rings. The zero-order valence-electron chi connectivity index (χ0n) is 18.3. The highest BCUT2D eigenvalue weighted by atomic mass is 32.2. The molecule has 1 aromatic heterocycles. The Kier molecular flexibility index (Phi) is 6.98. The summed E-state index contributed by atoms with van der Waals surface area (Å²) in [7, 11) is 0. The molecule has 0 spiro atoms. The second-order valence-electron chi connectivity index (χ2n) is 7.95. The molecule has 0 aliphatic heterocycles. The second-order valence-corrected chi connectivity index (χ2v) is 9.02. The van der Waals surface area contributed by atoms with Gasteiger partial charge in [-0.1, -0.05) is 41.6 Å². The van der Waals surface area contributed by atoms with Gasteiger partial charge < -0.3 is 5.32 Å². The predicted octanol–water partition coefficient (Wildman–Crippen LogP) is 5.41. The van der Waals surface area contributed by atoms with Gasteiger partial charge >= 0.3 is 0 Å². The van der Waals surface area contributed by atoms with Crippen LogP contribution in [-0.2, 0) is 4.79 Å². The van der Waals surface area contributed by atoms with E-state index in [2.05, 4.69) is 24.4 Å². The number of para-hydroxylation sites is 1. The van der Waals surface area contributed by atoms with E-state index < -0.39 is 0 Å². The van der Waals surface area contributed by atoms with Crippen LogP contribution >= 0.6 is 11.8 Å². The minimum absolute atomic E-state index is 0.0124. The molecule has 1 N–H and O–H groups in total. The van der Waals surface area contributed by atoms with Gasteiger partial charge in [-0.05, 0) is 64.3 Å². The van der Waals surface area contributed by atoms with Gasteiger partial charge in [-0.2, -0.15) is 0 Å². The number of thioether (sulfide) groups is 1. The number of fused-ring (bicyclic) bond motifs is 1. The normalized spacial score (nSPS) is 11.3. The van der Waals surface area contributed by atoms with Crippen molar-refractivity contribution in [3.8, 4) is 0 Å². The van der Waals surface area contributed by atoms with E-state index in [-0.39, 0.29) is 17.5 Å². The summed E-state index contributed by atoms with van der Waals surface area (Å²) in [5.41, 5.74) is 4.96. The standard InChI is InChI=1S/C24H29N3O2S/c1-15(2)27-23(29)19-9-6-7-10-20(19)25-24(27)30-12-8-11-21(28)26-22-17(4)13-16(3)14-18(22)5/h6-7,9-10,13-15H,8,11-12H2,1-5H3,(H,26,28). The van der Waals surface area contributed by atoms with Gasteiger partial charge in [0.2, 0.25) is 5.91 Å². The summed E-state index contributed by atoms with van der Waals surface area (Å²) in [5, 5.41) is 4.39. The van der Waals surface area contributed by atoms with Crippen molar-refractivity contribution >= 4 is 34.3 Å². The summed E-state index contributed by atoms with van der Waals surface area (Å²) >= 11 is 1.53. The van der Waals surface area contributed by atoms with E-state index >= 15 is 0 Å². The maximum absolute atomic E-state index is 12.9. The molecule has 0 fully saturated rings. The second kappa shape index (κ2) is 9.47. The molecule has 3 rings (SSSR count). The van der Waals surface area contributed by atoms with Gasteiger partial charge in [-0.25, -0.2) is 4.98 Å². The Morgan fingerprint density at radius 3 is 2.47 bits per heavy atom. The quantitative estimate of drug-likeness (QED) is 0.313. The van der Waals surface area contributed by atoms with E-state index in [1.807, 2.05) is 52.0 Å². The molecule has 0 saturated carbocycles. The van der Waals surface area contributed by atoms with Gasteiger partial charge in [0.25, 0.3) is 5.56 Å². The molecule has 0 atom stereocenters. The first kappa shape index (κ1) is 22.1. The number of benzene rings is 2. The number of carbonyl (C=O) groups excluding carboxylic acids is 1. The third-order valence-corrected chi connectivity index (χ3v) is 6.05. The number of aromatic nitrogens is 2. The van der Waals surface area contributed by atoms with Crippen molar-refractivity contribution in [1.82, 2.24) is 9.55 Å². The first-order valence-corrected chi connectivity index (χ1v) is 11.3. The first-order valence-electron chi connectivity index (χ1n) is 10.3. The van der Waals surface area contributed by atoms with Crippen LogP contribution < -0.4 is 10.9 Å². The number of amides is 1. The number of nitrogens with one attached hydrogen (secondary N) is 1. The lowest BCUT2D eigenvalue weighted by Crippen LogP contribution is -2.25. The lowest BCUT2D eigenvalue weighted by atomic mass is 10.0. The Labute approximate surface area is 181 Å². The van der Waals surface area contributed by atoms with Crippen LogP contribution in [0.1, 0.15) is 49.4 Å². The van der Waals surface area contributed by atoms with Crippen LogP contribution in [0.3, 0.4) is 0 Å². The third kappa shape index (κ3) is 4.93. The molecular weight excluding hydrogens is 394 g/mol. The fraction of sp³-hybridized carbons (Fsp3) is 0.375. The van der Waals surface area contributed by atoms with Gasteiger partial charge in [0.15, 0.2) is 5.16 Å². The number of hydrogen-bond donors (Lipinski definition) is 1. The van der Waals surface area contributed by atoms with Crippen LogP contribution in [-0.4, -0.2) is 21.2 Å². The van der Waals surface area contributed by atoms with E-state index in [0.29, 0.717) is 28.9 Å². The SMILES string of the molecule is Cc1cc(C)c(NC(=O)CCCSc2nc3ccccc3c(=O)n2C(C)C)c(C)c1. The molecule has 0 aliphatic carbocycles. The fourth-order valence-corrected chi connectivity index (χ4v) is 4.72. The summed E-state index contributed by atoms with van der Waals surface area (Å²) in [5.74, 6) is 0.731. The largest absolute Gasteiger partial charge is 0.326 e. The highest BCUT2D eigenvalue weighted by Crippen LogP contribution is 2.24. The van der Waals surface area contributed by atoms with E-state index in [0.717, 1.165) is 22.6 Å². The number of carbonyl (C=O) groups is 1. The molecule has 1 amide bonds. The number of hydrogen-bond acceptors (Lipinski definition) is 4. The molecule has 158 valence electrons. The van der Waals surface area contributed by atoms with Gasteiger partial charge in [0, 0.05) is 23.9 Å². The van der Waals surface area contributed by atoms with Gasteiger partial charge in [0.05, 0.1) is 10.9 Å². The van der Waals surface area contributed by atoms with Gasteiger partial charge in [-0.15, -0.1) is 0 Å². The summed E-state index contributed by atoms with van der Waals surface area (Å²) in [4.78, 5) is 30.0. The van der Waals surface area contributed by atoms with Crippen molar-refractivity contribution in [1.29, 1.82) is 0 Å². The number of anilines is 1. The van der Waals surface area contributed by atoms with Crippen LogP contribution in [0.15, 0.2) is 46.3 Å². The molecule has 5 nitrogen and oxygen atoms in total. The van der Waals surface area contributed by atoms with Gasteiger partial charge in [0.1, 0.15) is 0 Å². The molecule has 0 unspecified atom stereocenters. The summed E-state index contributed by atoms with van der Waals surface area (Å²) < 4.78 is 1.74. The van der Waals surface area contributed by atoms with E-state index in [1.54, 1.807) is 4.57 Å². The molecule has 1 heterocycles. The molecule has 0 bridgehead atoms. The van der Waals surface area contributed by atoms with Crippen molar-refractivity contribution in [2.45, 2.75) is 58.7 Å². The van der Waals surface area contributed by atoms with Crippen LogP contribution in [0.2, 0.25) is 0 Å². The Hall–Kier alpha value is -2.60. The molecular formula is C24H29N3O2S. The Morgan fingerprint density at radius 1 is 1.13 bits per heavy atom. The Bertz CT molecular complexity index is 1110. The topological polar surface area (TPSA) is 64.0 Å². The third-order valence-electron chi connectivity index (χ3n) is 5.01. The van der Waals surface area contributed by atoms with Crippen molar-refractivity contribution < 1.29 is 4.79 Å². The average Bonchev–Trinajstić information content (AvgIpc) is 2.68. The summed E-state index contributed by atoms with van der Waals surface area (Å²) in [6.45, 7) is 10.1. The molecule has 0 aliphatic rings. The van der Waals surface area contributed by atoms with Crippen LogP contribution in [0, 0.1) is 20.8 Å². The van der Waals surface area contributed by atoms with E-state index in [9.17, 15) is 9.59 Å². The Morgan fingerprint density at radius 2 is 1.80 bits per heavy atom. The predicted molar refractivity (Wildman–Crippen MR) is 126 cm³/mol. The highest BCUT2D eigenvalue weighted by Gasteiger charge is 2.14. The highest BCUT2D eigenvalue weighted by molar-refractivity contribution is 7.99. The van der Waals surface area contributed by atoms with Crippen molar-refractivity contribution in [3.05, 3.63) is 63.4 Å². The van der Waals surface area contributed by atoms with Gasteiger partial charge in [-0.3, -0.25) is 14.2 Å². The summed E-state index contributed by atoms with van der Waals surface area (Å²) in [6, 6.07) is 11.6. The zero-order valence-corrected chi connectivity index (χ0v) is 19.1. The van der Waals surface area contributed by atoms with Crippen molar-refractivity contribution in [3.63, 3.8) is 0 Å². The van der Waals surface area contributed by atoms with Crippen LogP contribution in [0.25, 0.3) is 10.9 Å². The maximum Gasteiger partial charge on any atom is 0.262 e. The van der Waals surface area contributed by atoms with E-state index in [4.69, 9.17) is 4.98 Å². The van der Waals surface area contributed by atoms with E-state index in [1.165, 1.54) is 17.3 Å². The maximum atomic E-state index is 12.9. The average molecular weight is 424 g/mol. The van der Waals surface area contributed by atoms with Crippen LogP contribution in [0.5, 0.6) is 0 Å². The minimum Gasteiger partial charge on any atom is -0.326 e. The lowest BCUT2D eigenvalue weighted by molar-refractivity contribution is -0.116. The molecule has 30 heavy (non-hydrogen) atoms. The monoisotopic (exact) mass is 423 g/mol. The molecule has 0 radical (unpaired) electrons. The molecule has 6 heteroatoms. The zero-order chi connectivity index (χ0) is 21.8. The first-order chi connectivity index (χ1) is 14.3. The molecule has 2 aromatic carbocycles. The Balaban J connectivity index is 1.64. The van der Waals surface area contributed by atoms with Crippen LogP contribution in [0.4, 0.5) is 5.69 Å². The summed E-state index contributed by atoms with van der Waals surface area (Å²) in [6.07, 6.45) is 1.14. The van der Waals surface area contributed by atoms with Crippen molar-refractivity contribution in [2.75, 3.05) is 11.1 Å².